The Kier molecular flexibility index (Phi) is 4.14. The van der Waals surface area contributed by atoms with Crippen molar-refractivity contribution in [3.63, 3.8) is 0 Å². The molecule has 0 spiro atoms. The third-order valence-corrected chi connectivity index (χ3v) is 1.08. The van der Waals surface area contributed by atoms with Crippen molar-refractivity contribution in [3.05, 3.63) is 12.7 Å². The molecule has 0 radical (unpaired) electrons. The molecule has 0 bridgehead atoms. The Morgan fingerprint density at radius 3 is 2.60 bits per heavy atom. The normalized spacial score (nSPS) is 15.8. The monoisotopic (exact) mass is 166 g/mol. The van der Waals surface area contributed by atoms with Crippen LogP contribution < -0.4 is 0 Å². The molecule has 0 aliphatic carbocycles. The van der Waals surface area contributed by atoms with Gasteiger partial charge in [-0.3, -0.25) is 13.9 Å². The summed E-state index contributed by atoms with van der Waals surface area (Å²) in [5.74, 6) is -0.840. The summed E-state index contributed by atoms with van der Waals surface area (Å²) in [7, 11) is -3.26. The van der Waals surface area contributed by atoms with E-state index in [1.54, 1.807) is 0 Å². The number of carbonyl (C=O) groups excluding carboxylic acids is 1. The van der Waals surface area contributed by atoms with E-state index in [9.17, 15) is 9.36 Å². The lowest BCUT2D eigenvalue weighted by atomic mass is 10.4. The highest BCUT2D eigenvalue weighted by Gasteiger charge is 2.13. The molecular weight excluding hydrogens is 159 g/mol. The number of aliphatic hydroxyl groups is 1. The molecule has 0 heterocycles. The molecule has 58 valence electrons. The van der Waals surface area contributed by atoms with Crippen LogP contribution in [0.5, 0.6) is 0 Å². The van der Waals surface area contributed by atoms with Gasteiger partial charge in [-0.25, -0.2) is 0 Å². The van der Waals surface area contributed by atoms with Crippen LogP contribution in [-0.2, 0) is 13.9 Å². The molecule has 2 unspecified atom stereocenters. The fourth-order valence-corrected chi connectivity index (χ4v) is 0.562. The van der Waals surface area contributed by atoms with Crippen molar-refractivity contribution in [3.8, 4) is 0 Å². The molecule has 0 saturated heterocycles. The van der Waals surface area contributed by atoms with E-state index in [2.05, 4.69) is 11.1 Å². The summed E-state index contributed by atoms with van der Waals surface area (Å²) < 4.78 is 13.7. The zero-order chi connectivity index (χ0) is 8.15. The Bertz CT molecular complexity index is 165. The second-order valence-corrected chi connectivity index (χ2v) is 2.11. The van der Waals surface area contributed by atoms with Crippen molar-refractivity contribution in [2.45, 2.75) is 6.29 Å². The predicted molar refractivity (Wildman–Crippen MR) is 33.5 cm³/mol. The average Bonchev–Trinajstić information content (AvgIpc) is 1.85. The molecular formula is C4H7O5P. The minimum Gasteiger partial charge on any atom is -0.361 e. The first-order valence-corrected chi connectivity index (χ1v) is 3.58. The van der Waals surface area contributed by atoms with Crippen LogP contribution in [0.1, 0.15) is 0 Å². The maximum atomic E-state index is 10.3. The highest BCUT2D eigenvalue weighted by molar-refractivity contribution is 7.32. The van der Waals surface area contributed by atoms with Crippen LogP contribution in [0.2, 0.25) is 0 Å². The van der Waals surface area contributed by atoms with Gasteiger partial charge >= 0.3 is 8.25 Å². The third-order valence-electron chi connectivity index (χ3n) is 0.657. The molecule has 0 saturated carbocycles. The molecule has 2 atom stereocenters. The van der Waals surface area contributed by atoms with Gasteiger partial charge in [-0.1, -0.05) is 6.58 Å². The van der Waals surface area contributed by atoms with Crippen molar-refractivity contribution in [2.75, 3.05) is 0 Å². The van der Waals surface area contributed by atoms with Crippen LogP contribution in [0.15, 0.2) is 12.7 Å². The van der Waals surface area contributed by atoms with Crippen LogP contribution in [0.25, 0.3) is 0 Å². The summed E-state index contributed by atoms with van der Waals surface area (Å²) in [4.78, 5) is 18.4. The lowest BCUT2D eigenvalue weighted by molar-refractivity contribution is -0.136. The van der Waals surface area contributed by atoms with E-state index < -0.39 is 20.3 Å². The van der Waals surface area contributed by atoms with E-state index in [1.165, 1.54) is 0 Å². The van der Waals surface area contributed by atoms with Gasteiger partial charge in [0.25, 0.3) is 0 Å². The number of aliphatic hydroxyl groups excluding tert-OH is 1. The van der Waals surface area contributed by atoms with E-state index in [1.807, 2.05) is 0 Å². The minimum atomic E-state index is -3.26. The van der Waals surface area contributed by atoms with Gasteiger partial charge in [0.05, 0.1) is 0 Å². The van der Waals surface area contributed by atoms with E-state index in [0.717, 1.165) is 6.08 Å². The van der Waals surface area contributed by atoms with Crippen molar-refractivity contribution in [1.29, 1.82) is 0 Å². The van der Waals surface area contributed by atoms with E-state index >= 15 is 0 Å². The van der Waals surface area contributed by atoms with Gasteiger partial charge in [0.1, 0.15) is 0 Å². The fraction of sp³-hybridized carbons (Fsp3) is 0.250. The zero-order valence-corrected chi connectivity index (χ0v) is 5.98. The third kappa shape index (κ3) is 3.53. The first-order valence-electron chi connectivity index (χ1n) is 2.32. The zero-order valence-electron chi connectivity index (χ0n) is 4.98. The highest BCUT2D eigenvalue weighted by atomic mass is 31.1. The number of hydrogen-bond donors (Lipinski definition) is 2. The fourth-order valence-electron chi connectivity index (χ4n) is 0.254. The molecule has 0 aromatic heterocycles. The lowest BCUT2D eigenvalue weighted by Gasteiger charge is -2.03. The van der Waals surface area contributed by atoms with Gasteiger partial charge in [0.2, 0.25) is 12.1 Å². The van der Waals surface area contributed by atoms with Gasteiger partial charge in [-0.2, -0.15) is 0 Å². The minimum absolute atomic E-state index is 0.801. The Hall–Kier alpha value is -0.480. The Balaban J connectivity index is 3.84. The van der Waals surface area contributed by atoms with Gasteiger partial charge < -0.3 is 10.00 Å². The number of ketones is 1. The smallest absolute Gasteiger partial charge is 0.319 e. The van der Waals surface area contributed by atoms with Gasteiger partial charge in [-0.15, -0.1) is 0 Å². The van der Waals surface area contributed by atoms with E-state index in [0.29, 0.717) is 0 Å². The van der Waals surface area contributed by atoms with Crippen LogP contribution in [0.3, 0.4) is 0 Å². The molecule has 0 fully saturated rings. The quantitative estimate of drug-likeness (QED) is 0.333. The molecule has 5 nitrogen and oxygen atoms in total. The Morgan fingerprint density at radius 2 is 2.30 bits per heavy atom. The highest BCUT2D eigenvalue weighted by Crippen LogP contribution is 2.16. The van der Waals surface area contributed by atoms with Crippen molar-refractivity contribution < 1.29 is 23.9 Å². The predicted octanol–water partition coefficient (Wildman–Crippen LogP) is -0.542. The van der Waals surface area contributed by atoms with Crippen molar-refractivity contribution in [2.24, 2.45) is 0 Å². The maximum Gasteiger partial charge on any atom is 0.319 e. The molecule has 6 heteroatoms. The van der Waals surface area contributed by atoms with Crippen LogP contribution in [0.4, 0.5) is 0 Å². The standard InChI is InChI=1S/C4H7O5P/c1-2-3(5)4(6)9-10(7)8/h2,4,6,10H,1H2,(H,7,8). The van der Waals surface area contributed by atoms with Crippen molar-refractivity contribution >= 4 is 14.0 Å². The summed E-state index contributed by atoms with van der Waals surface area (Å²) in [5, 5.41) is 8.51. The second kappa shape index (κ2) is 4.35. The van der Waals surface area contributed by atoms with E-state index in [4.69, 9.17) is 10.00 Å². The number of carbonyl (C=O) groups is 1. The van der Waals surface area contributed by atoms with Crippen LogP contribution in [0, 0.1) is 0 Å². The van der Waals surface area contributed by atoms with Gasteiger partial charge in [0, 0.05) is 0 Å². The Morgan fingerprint density at radius 1 is 1.80 bits per heavy atom. The average molecular weight is 166 g/mol. The molecule has 0 aliphatic heterocycles. The molecule has 10 heavy (non-hydrogen) atoms. The Labute approximate surface area is 57.9 Å². The summed E-state index contributed by atoms with van der Waals surface area (Å²) >= 11 is 0. The largest absolute Gasteiger partial charge is 0.361 e. The SMILES string of the molecule is C=CC(=O)C(O)O[PH](=O)O. The second-order valence-electron chi connectivity index (χ2n) is 1.34. The number of rotatable bonds is 4. The van der Waals surface area contributed by atoms with Crippen molar-refractivity contribution in [1.82, 2.24) is 0 Å². The van der Waals surface area contributed by atoms with Crippen LogP contribution >= 0.6 is 8.25 Å². The topological polar surface area (TPSA) is 83.8 Å². The summed E-state index contributed by atoms with van der Waals surface area (Å²) in [6, 6.07) is 0. The summed E-state index contributed by atoms with van der Waals surface area (Å²) in [6.45, 7) is 3.03. The maximum absolute atomic E-state index is 10.3. The molecule has 0 amide bonds. The van der Waals surface area contributed by atoms with Crippen LogP contribution in [-0.4, -0.2) is 22.1 Å². The van der Waals surface area contributed by atoms with Gasteiger partial charge in [0.15, 0.2) is 0 Å². The molecule has 2 N–H and O–H groups in total. The lowest BCUT2D eigenvalue weighted by Crippen LogP contribution is -2.18. The van der Waals surface area contributed by atoms with E-state index in [-0.39, 0.29) is 0 Å². The van der Waals surface area contributed by atoms with Gasteiger partial charge in [-0.05, 0) is 6.08 Å². The first kappa shape index (κ1) is 9.52. The molecule has 0 aromatic carbocycles. The molecule has 0 aliphatic rings. The number of hydrogen-bond acceptors (Lipinski definition) is 4. The summed E-state index contributed by atoms with van der Waals surface area (Å²) in [6.07, 6.45) is -1.07. The summed E-state index contributed by atoms with van der Waals surface area (Å²) in [5.41, 5.74) is 0. The first-order chi connectivity index (χ1) is 4.57. The molecule has 0 aromatic rings. The molecule has 0 rings (SSSR count).